The summed E-state index contributed by atoms with van der Waals surface area (Å²) in [6.07, 6.45) is -0.491. The average Bonchev–Trinajstić information content (AvgIpc) is 2.94. The first-order chi connectivity index (χ1) is 11.0. The van der Waals surface area contributed by atoms with E-state index in [-0.39, 0.29) is 17.8 Å². The number of carbonyl (C=O) groups is 1. The maximum atomic E-state index is 11.6. The third kappa shape index (κ3) is 2.31. The van der Waals surface area contributed by atoms with Crippen molar-refractivity contribution in [3.8, 4) is 0 Å². The van der Waals surface area contributed by atoms with E-state index in [1.807, 2.05) is 30.3 Å². The van der Waals surface area contributed by atoms with Gasteiger partial charge in [-0.2, -0.15) is 0 Å². The Labute approximate surface area is 145 Å². The second kappa shape index (κ2) is 6.10. The molecule has 0 unspecified atom stereocenters. The predicted molar refractivity (Wildman–Crippen MR) is 87.2 cm³/mol. The first-order valence-electron chi connectivity index (χ1n) is 7.35. The number of hydrogen-bond acceptors (Lipinski definition) is 4. The van der Waals surface area contributed by atoms with Crippen molar-refractivity contribution in [1.29, 1.82) is 0 Å². The van der Waals surface area contributed by atoms with Gasteiger partial charge in [0.25, 0.3) is 0 Å². The lowest BCUT2D eigenvalue weighted by Gasteiger charge is -2.32. The molecular weight excluding hydrogens is 339 g/mol. The Balaban J connectivity index is 2.15. The van der Waals surface area contributed by atoms with Crippen molar-refractivity contribution >= 4 is 29.2 Å². The fourth-order valence-electron chi connectivity index (χ4n) is 4.00. The summed E-state index contributed by atoms with van der Waals surface area (Å²) in [6.45, 7) is 1.38. The van der Waals surface area contributed by atoms with E-state index in [1.165, 1.54) is 6.92 Å². The summed E-state index contributed by atoms with van der Waals surface area (Å²) in [6, 6.07) is 9.77. The zero-order chi connectivity index (χ0) is 16.8. The first-order valence-corrected chi connectivity index (χ1v) is 8.11. The van der Waals surface area contributed by atoms with Gasteiger partial charge in [0.2, 0.25) is 0 Å². The largest absolute Gasteiger partial charge is 0.461 e. The highest BCUT2D eigenvalue weighted by Crippen LogP contribution is 2.65. The molecule has 0 radical (unpaired) electrons. The number of hydrogen-bond donors (Lipinski definition) is 0. The van der Waals surface area contributed by atoms with Crippen LogP contribution in [0.5, 0.6) is 0 Å². The number of ether oxygens (including phenoxy) is 3. The molecule has 1 fully saturated rings. The summed E-state index contributed by atoms with van der Waals surface area (Å²) in [5.41, 5.74) is 1.01. The Morgan fingerprint density at radius 3 is 2.13 bits per heavy atom. The van der Waals surface area contributed by atoms with E-state index in [9.17, 15) is 4.79 Å². The lowest BCUT2D eigenvalue weighted by molar-refractivity contribution is -0.236. The zero-order valence-corrected chi connectivity index (χ0v) is 14.6. The molecule has 124 valence electrons. The molecule has 6 heteroatoms. The topological polar surface area (TPSA) is 44.8 Å². The van der Waals surface area contributed by atoms with E-state index in [0.29, 0.717) is 10.1 Å². The molecule has 3 rings (SSSR count). The van der Waals surface area contributed by atoms with Crippen LogP contribution >= 0.6 is 23.2 Å². The van der Waals surface area contributed by atoms with Crippen molar-refractivity contribution in [1.82, 2.24) is 0 Å². The van der Waals surface area contributed by atoms with E-state index >= 15 is 0 Å². The number of rotatable bonds is 4. The molecule has 4 nitrogen and oxygen atoms in total. The van der Waals surface area contributed by atoms with Crippen LogP contribution in [-0.4, -0.2) is 32.1 Å². The standard InChI is InChI=1S/C17H18Cl2O4/c1-9(20)23-16-11(10-7-5-4-6-8-10)12-14(18)15(19)13(16)17(12,21-2)22-3/h4-8,11-13,16H,1-3H3/t11-,12-,13-,16-/m0/s1. The minimum atomic E-state index is -1.03. The number of benzene rings is 1. The summed E-state index contributed by atoms with van der Waals surface area (Å²) in [7, 11) is 3.11. The van der Waals surface area contributed by atoms with Crippen LogP contribution in [0.4, 0.5) is 0 Å². The fraction of sp³-hybridized carbons (Fsp3) is 0.471. The van der Waals surface area contributed by atoms with Crippen LogP contribution in [-0.2, 0) is 19.0 Å². The minimum Gasteiger partial charge on any atom is -0.461 e. The molecule has 0 amide bonds. The van der Waals surface area contributed by atoms with Gasteiger partial charge in [0.05, 0.1) is 11.8 Å². The van der Waals surface area contributed by atoms with Crippen LogP contribution < -0.4 is 0 Å². The number of carbonyl (C=O) groups excluding carboxylic acids is 1. The average molecular weight is 357 g/mol. The summed E-state index contributed by atoms with van der Waals surface area (Å²) in [5, 5.41) is 0.955. The molecule has 2 aliphatic rings. The Morgan fingerprint density at radius 1 is 1.04 bits per heavy atom. The molecule has 1 aromatic carbocycles. The minimum absolute atomic E-state index is 0.181. The van der Waals surface area contributed by atoms with Crippen LogP contribution in [0.3, 0.4) is 0 Å². The lowest BCUT2D eigenvalue weighted by Crippen LogP contribution is -2.42. The summed E-state index contributed by atoms with van der Waals surface area (Å²) in [4.78, 5) is 11.6. The number of fused-ring (bicyclic) bond motifs is 2. The fourth-order valence-corrected chi connectivity index (χ4v) is 4.80. The quantitative estimate of drug-likeness (QED) is 0.610. The molecule has 0 aliphatic heterocycles. The second-order valence-electron chi connectivity index (χ2n) is 5.79. The smallest absolute Gasteiger partial charge is 0.302 e. The van der Waals surface area contributed by atoms with Gasteiger partial charge in [0.1, 0.15) is 6.10 Å². The molecule has 4 atom stereocenters. The molecule has 1 aromatic rings. The molecule has 2 aliphatic carbocycles. The molecule has 2 bridgehead atoms. The van der Waals surface area contributed by atoms with Gasteiger partial charge in [-0.15, -0.1) is 0 Å². The van der Waals surface area contributed by atoms with Crippen molar-refractivity contribution in [2.45, 2.75) is 24.7 Å². The van der Waals surface area contributed by atoms with E-state index in [2.05, 4.69) is 0 Å². The van der Waals surface area contributed by atoms with Crippen molar-refractivity contribution < 1.29 is 19.0 Å². The van der Waals surface area contributed by atoms with Gasteiger partial charge >= 0.3 is 5.97 Å². The van der Waals surface area contributed by atoms with E-state index in [1.54, 1.807) is 14.2 Å². The van der Waals surface area contributed by atoms with Crippen molar-refractivity contribution in [2.75, 3.05) is 14.2 Å². The molecule has 0 N–H and O–H groups in total. The van der Waals surface area contributed by atoms with Gasteiger partial charge in [0.15, 0.2) is 5.79 Å². The van der Waals surface area contributed by atoms with E-state index in [0.717, 1.165) is 5.56 Å². The van der Waals surface area contributed by atoms with Crippen LogP contribution in [0.25, 0.3) is 0 Å². The SMILES string of the molecule is COC1(OC)[C@@H]2C(Cl)=C(Cl)[C@H]1[C@@H](OC(C)=O)[C@H]2c1ccccc1. The van der Waals surface area contributed by atoms with Gasteiger partial charge in [0, 0.05) is 37.1 Å². The summed E-state index contributed by atoms with van der Waals surface area (Å²) < 4.78 is 17.0. The normalized spacial score (nSPS) is 31.5. The monoisotopic (exact) mass is 356 g/mol. The molecule has 1 saturated carbocycles. The highest BCUT2D eigenvalue weighted by molar-refractivity contribution is 6.40. The third-order valence-electron chi connectivity index (χ3n) is 4.81. The van der Waals surface area contributed by atoms with Gasteiger partial charge in [-0.1, -0.05) is 53.5 Å². The zero-order valence-electron chi connectivity index (χ0n) is 13.1. The highest BCUT2D eigenvalue weighted by atomic mass is 35.5. The Morgan fingerprint density at radius 2 is 1.61 bits per heavy atom. The maximum Gasteiger partial charge on any atom is 0.302 e. The summed E-state index contributed by atoms with van der Waals surface area (Å²) >= 11 is 12.9. The Bertz CT molecular complexity index is 639. The molecular formula is C17H18Cl2O4. The van der Waals surface area contributed by atoms with Crippen LogP contribution in [0.2, 0.25) is 0 Å². The van der Waals surface area contributed by atoms with E-state index in [4.69, 9.17) is 37.4 Å². The van der Waals surface area contributed by atoms with Crippen molar-refractivity contribution in [3.05, 3.63) is 46.0 Å². The van der Waals surface area contributed by atoms with Gasteiger partial charge in [-0.25, -0.2) is 0 Å². The molecule has 0 heterocycles. The predicted octanol–water partition coefficient (Wildman–Crippen LogP) is 3.64. The second-order valence-corrected chi connectivity index (χ2v) is 6.61. The molecule has 0 spiro atoms. The lowest BCUT2D eigenvalue weighted by atomic mass is 9.84. The van der Waals surface area contributed by atoms with Crippen LogP contribution in [0, 0.1) is 11.8 Å². The number of esters is 1. The Kier molecular flexibility index (Phi) is 4.45. The number of methoxy groups -OCH3 is 2. The van der Waals surface area contributed by atoms with Crippen molar-refractivity contribution in [2.24, 2.45) is 11.8 Å². The van der Waals surface area contributed by atoms with Crippen LogP contribution in [0.15, 0.2) is 40.4 Å². The maximum absolute atomic E-state index is 11.6. The van der Waals surface area contributed by atoms with Gasteiger partial charge in [-0.05, 0) is 5.56 Å². The summed E-state index contributed by atoms with van der Waals surface area (Å²) in [5.74, 6) is -2.37. The van der Waals surface area contributed by atoms with Crippen LogP contribution in [0.1, 0.15) is 18.4 Å². The third-order valence-corrected chi connectivity index (χ3v) is 5.78. The molecule has 0 aromatic heterocycles. The van der Waals surface area contributed by atoms with Gasteiger partial charge < -0.3 is 14.2 Å². The van der Waals surface area contributed by atoms with E-state index < -0.39 is 17.8 Å². The Hall–Kier alpha value is -1.07. The first kappa shape index (κ1) is 16.8. The van der Waals surface area contributed by atoms with Crippen molar-refractivity contribution in [3.63, 3.8) is 0 Å². The number of halogens is 2. The highest BCUT2D eigenvalue weighted by Gasteiger charge is 2.70. The molecule has 23 heavy (non-hydrogen) atoms. The molecule has 0 saturated heterocycles. The van der Waals surface area contributed by atoms with Gasteiger partial charge in [-0.3, -0.25) is 4.79 Å².